The number of hydrogen-bond donors (Lipinski definition) is 1. The number of aryl methyl sites for hydroxylation is 1. The number of hydrogen-bond acceptors (Lipinski definition) is 1. The lowest BCUT2D eigenvalue weighted by atomic mass is 9.73. The molecule has 0 unspecified atom stereocenters. The molecule has 3 aromatic rings. The van der Waals surface area contributed by atoms with Gasteiger partial charge in [0.1, 0.15) is 0 Å². The van der Waals surface area contributed by atoms with Crippen LogP contribution in [0.15, 0.2) is 78.9 Å². The van der Waals surface area contributed by atoms with Crippen molar-refractivity contribution in [2.24, 2.45) is 5.92 Å². The van der Waals surface area contributed by atoms with E-state index in [0.717, 1.165) is 0 Å². The van der Waals surface area contributed by atoms with Crippen LogP contribution in [-0.2, 0) is 0 Å². The molecule has 4 rings (SSSR count). The molecule has 0 saturated carbocycles. The number of fused-ring (bicyclic) bond motifs is 1. The minimum absolute atomic E-state index is 0.325. The maximum absolute atomic E-state index is 3.78. The molecule has 0 spiro atoms. The van der Waals surface area contributed by atoms with E-state index in [1.165, 1.54) is 27.9 Å². The lowest BCUT2D eigenvalue weighted by Crippen LogP contribution is -2.30. The van der Waals surface area contributed by atoms with E-state index in [0.29, 0.717) is 17.9 Å². The third kappa shape index (κ3) is 2.60. The first-order chi connectivity index (χ1) is 11.7. The lowest BCUT2D eigenvalue weighted by Gasteiger charge is -2.39. The highest BCUT2D eigenvalue weighted by Crippen LogP contribution is 2.47. The van der Waals surface area contributed by atoms with Gasteiger partial charge in [0.05, 0.1) is 6.04 Å². The van der Waals surface area contributed by atoms with E-state index in [-0.39, 0.29) is 0 Å². The Morgan fingerprint density at radius 2 is 1.38 bits per heavy atom. The van der Waals surface area contributed by atoms with Gasteiger partial charge in [-0.1, -0.05) is 85.3 Å². The van der Waals surface area contributed by atoms with Gasteiger partial charge in [-0.3, -0.25) is 0 Å². The Morgan fingerprint density at radius 1 is 0.708 bits per heavy atom. The molecule has 0 aliphatic carbocycles. The Bertz CT molecular complexity index is 820. The van der Waals surface area contributed by atoms with Crippen molar-refractivity contribution in [2.45, 2.75) is 25.8 Å². The fourth-order valence-corrected chi connectivity index (χ4v) is 3.98. The molecule has 0 saturated heterocycles. The lowest BCUT2D eigenvalue weighted by molar-refractivity contribution is 0.428. The van der Waals surface area contributed by atoms with Gasteiger partial charge in [0.2, 0.25) is 0 Å². The fourth-order valence-electron chi connectivity index (χ4n) is 3.98. The predicted molar refractivity (Wildman–Crippen MR) is 101 cm³/mol. The van der Waals surface area contributed by atoms with Gasteiger partial charge < -0.3 is 5.32 Å². The van der Waals surface area contributed by atoms with Crippen molar-refractivity contribution in [3.63, 3.8) is 0 Å². The van der Waals surface area contributed by atoms with Crippen LogP contribution in [0.1, 0.15) is 41.1 Å². The minimum Gasteiger partial charge on any atom is -0.378 e. The molecule has 120 valence electrons. The van der Waals surface area contributed by atoms with Crippen molar-refractivity contribution >= 4 is 5.69 Å². The van der Waals surface area contributed by atoms with Crippen molar-refractivity contribution in [2.75, 3.05) is 5.32 Å². The van der Waals surface area contributed by atoms with Gasteiger partial charge in [-0.2, -0.15) is 0 Å². The van der Waals surface area contributed by atoms with Gasteiger partial charge in [0.15, 0.2) is 0 Å². The summed E-state index contributed by atoms with van der Waals surface area (Å²) in [5.74, 6) is 0.889. The van der Waals surface area contributed by atoms with Crippen LogP contribution in [0.5, 0.6) is 0 Å². The first kappa shape index (κ1) is 15.0. The normalized spacial score (nSPS) is 22.5. The zero-order valence-corrected chi connectivity index (χ0v) is 14.2. The summed E-state index contributed by atoms with van der Waals surface area (Å²) in [6.07, 6.45) is 0. The Hall–Kier alpha value is -2.54. The van der Waals surface area contributed by atoms with E-state index in [1.807, 2.05) is 0 Å². The highest BCUT2D eigenvalue weighted by atomic mass is 14.9. The van der Waals surface area contributed by atoms with Gasteiger partial charge in [-0.05, 0) is 35.6 Å². The maximum Gasteiger partial charge on any atom is 0.0548 e. The molecule has 0 amide bonds. The molecule has 0 fully saturated rings. The Labute approximate surface area is 144 Å². The van der Waals surface area contributed by atoms with Crippen molar-refractivity contribution in [3.05, 3.63) is 101 Å². The van der Waals surface area contributed by atoms with E-state index in [9.17, 15) is 0 Å². The van der Waals surface area contributed by atoms with Crippen LogP contribution in [0, 0.1) is 12.8 Å². The van der Waals surface area contributed by atoms with Gasteiger partial charge in [-0.25, -0.2) is 0 Å². The highest BCUT2D eigenvalue weighted by Gasteiger charge is 2.35. The van der Waals surface area contributed by atoms with E-state index in [4.69, 9.17) is 0 Å². The summed E-state index contributed by atoms with van der Waals surface area (Å²) in [6, 6.07) is 28.9. The Kier molecular flexibility index (Phi) is 3.86. The molecule has 3 atom stereocenters. The summed E-state index contributed by atoms with van der Waals surface area (Å²) < 4.78 is 0. The molecular formula is C23H23N. The number of rotatable bonds is 2. The molecule has 0 bridgehead atoms. The summed E-state index contributed by atoms with van der Waals surface area (Å²) in [4.78, 5) is 0. The van der Waals surface area contributed by atoms with E-state index >= 15 is 0 Å². The first-order valence-corrected chi connectivity index (χ1v) is 8.71. The van der Waals surface area contributed by atoms with Gasteiger partial charge in [0, 0.05) is 11.6 Å². The van der Waals surface area contributed by atoms with Crippen LogP contribution in [0.25, 0.3) is 0 Å². The van der Waals surface area contributed by atoms with Crippen LogP contribution in [-0.4, -0.2) is 0 Å². The van der Waals surface area contributed by atoms with Crippen LogP contribution < -0.4 is 5.32 Å². The molecule has 1 heteroatoms. The average molecular weight is 313 g/mol. The fraction of sp³-hybridized carbons (Fsp3) is 0.217. The molecule has 3 aromatic carbocycles. The summed E-state index contributed by atoms with van der Waals surface area (Å²) in [5.41, 5.74) is 6.73. The van der Waals surface area contributed by atoms with E-state index in [2.05, 4.69) is 98.0 Å². The van der Waals surface area contributed by atoms with Crippen LogP contribution in [0.4, 0.5) is 5.69 Å². The number of nitrogens with one attached hydrogen (secondary N) is 1. The second-order valence-electron chi connectivity index (χ2n) is 6.87. The topological polar surface area (TPSA) is 12.0 Å². The molecular weight excluding hydrogens is 290 g/mol. The van der Waals surface area contributed by atoms with Crippen molar-refractivity contribution in [1.82, 2.24) is 0 Å². The molecule has 1 aliphatic heterocycles. The molecule has 24 heavy (non-hydrogen) atoms. The third-order valence-corrected chi connectivity index (χ3v) is 5.25. The van der Waals surface area contributed by atoms with Crippen molar-refractivity contribution in [1.29, 1.82) is 0 Å². The second kappa shape index (κ2) is 6.16. The Morgan fingerprint density at radius 3 is 2.12 bits per heavy atom. The summed E-state index contributed by atoms with van der Waals surface area (Å²) in [5, 5.41) is 3.78. The van der Waals surface area contributed by atoms with Gasteiger partial charge in [-0.15, -0.1) is 0 Å². The van der Waals surface area contributed by atoms with Gasteiger partial charge >= 0.3 is 0 Å². The number of para-hydroxylation sites is 1. The average Bonchev–Trinajstić information content (AvgIpc) is 2.63. The summed E-state index contributed by atoms with van der Waals surface area (Å²) >= 11 is 0. The molecule has 1 heterocycles. The van der Waals surface area contributed by atoms with Crippen molar-refractivity contribution in [3.8, 4) is 0 Å². The third-order valence-electron chi connectivity index (χ3n) is 5.25. The molecule has 0 radical (unpaired) electrons. The Balaban J connectivity index is 1.82. The molecule has 1 N–H and O–H groups in total. The highest BCUT2D eigenvalue weighted by molar-refractivity contribution is 5.60. The van der Waals surface area contributed by atoms with Crippen LogP contribution >= 0.6 is 0 Å². The minimum atomic E-state index is 0.325. The monoisotopic (exact) mass is 313 g/mol. The van der Waals surface area contributed by atoms with Crippen LogP contribution in [0.2, 0.25) is 0 Å². The number of benzene rings is 3. The van der Waals surface area contributed by atoms with E-state index in [1.54, 1.807) is 0 Å². The summed E-state index contributed by atoms with van der Waals surface area (Å²) in [6.45, 7) is 4.51. The zero-order chi connectivity index (χ0) is 16.5. The molecule has 1 nitrogen and oxygen atoms in total. The van der Waals surface area contributed by atoms with Crippen LogP contribution in [0.3, 0.4) is 0 Å². The second-order valence-corrected chi connectivity index (χ2v) is 6.87. The SMILES string of the molecule is Cc1ccc([C@H]2Nc3ccccc3[C@@H](c3ccccc3)[C@H]2C)cc1. The van der Waals surface area contributed by atoms with Gasteiger partial charge in [0.25, 0.3) is 0 Å². The predicted octanol–water partition coefficient (Wildman–Crippen LogP) is 5.93. The quantitative estimate of drug-likeness (QED) is 0.618. The van der Waals surface area contributed by atoms with Crippen molar-refractivity contribution < 1.29 is 0 Å². The standard InChI is InChI=1S/C23H23N/c1-16-12-14-19(15-13-16)23-17(2)22(18-8-4-3-5-9-18)20-10-6-7-11-21(20)24-23/h3-15,17,22-24H,1-2H3/t17-,22-,23+/m1/s1. The first-order valence-electron chi connectivity index (χ1n) is 8.71. The zero-order valence-electron chi connectivity index (χ0n) is 14.2. The van der Waals surface area contributed by atoms with E-state index < -0.39 is 0 Å². The molecule has 0 aromatic heterocycles. The summed E-state index contributed by atoms with van der Waals surface area (Å²) in [7, 11) is 0. The molecule has 1 aliphatic rings. The smallest absolute Gasteiger partial charge is 0.0548 e. The maximum atomic E-state index is 3.78. The number of anilines is 1. The largest absolute Gasteiger partial charge is 0.378 e.